The van der Waals surface area contributed by atoms with E-state index in [2.05, 4.69) is 70.9 Å². The SMILES string of the molecule is O=C1[C@H]2[C@@H]3C[C@@H](C[C@H]3c3ccccc3)[C@H]2[C@]2(c3ccccc3)NCCCN12. The molecule has 2 aliphatic carbocycles. The number of hydrogen-bond donors (Lipinski definition) is 1. The molecule has 3 heteroatoms. The number of benzene rings is 2. The minimum atomic E-state index is -0.275. The number of nitrogens with one attached hydrogen (secondary N) is 1. The van der Waals surface area contributed by atoms with E-state index in [9.17, 15) is 4.79 Å². The summed E-state index contributed by atoms with van der Waals surface area (Å²) in [5.41, 5.74) is 2.44. The molecular formula is C24H26N2O. The van der Waals surface area contributed by atoms with Crippen molar-refractivity contribution in [3.05, 3.63) is 71.8 Å². The van der Waals surface area contributed by atoms with Crippen molar-refractivity contribution in [3.8, 4) is 0 Å². The normalized spacial score (nSPS) is 39.5. The molecule has 2 saturated heterocycles. The van der Waals surface area contributed by atoms with Crippen molar-refractivity contribution >= 4 is 5.91 Å². The van der Waals surface area contributed by atoms with Gasteiger partial charge < -0.3 is 4.90 Å². The van der Waals surface area contributed by atoms with Crippen LogP contribution in [0.2, 0.25) is 0 Å². The van der Waals surface area contributed by atoms with Crippen molar-refractivity contribution in [1.29, 1.82) is 0 Å². The molecule has 0 aromatic heterocycles. The molecule has 2 bridgehead atoms. The maximum absolute atomic E-state index is 13.7. The second kappa shape index (κ2) is 5.68. The van der Waals surface area contributed by atoms with Crippen molar-refractivity contribution in [1.82, 2.24) is 10.2 Å². The van der Waals surface area contributed by atoms with Gasteiger partial charge in [-0.2, -0.15) is 0 Å². The first-order valence-corrected chi connectivity index (χ1v) is 10.5. The first kappa shape index (κ1) is 15.9. The van der Waals surface area contributed by atoms with Gasteiger partial charge in [0.1, 0.15) is 5.66 Å². The third-order valence-corrected chi connectivity index (χ3v) is 7.86. The molecule has 1 N–H and O–H groups in total. The average molecular weight is 358 g/mol. The van der Waals surface area contributed by atoms with Gasteiger partial charge in [0.15, 0.2) is 0 Å². The van der Waals surface area contributed by atoms with E-state index in [1.165, 1.54) is 24.0 Å². The zero-order chi connectivity index (χ0) is 18.0. The summed E-state index contributed by atoms with van der Waals surface area (Å²) >= 11 is 0. The smallest absolute Gasteiger partial charge is 0.228 e. The van der Waals surface area contributed by atoms with Gasteiger partial charge in [-0.3, -0.25) is 10.1 Å². The van der Waals surface area contributed by atoms with Crippen LogP contribution in [0.3, 0.4) is 0 Å². The second-order valence-electron chi connectivity index (χ2n) is 8.87. The topological polar surface area (TPSA) is 32.3 Å². The first-order valence-electron chi connectivity index (χ1n) is 10.5. The van der Waals surface area contributed by atoms with Gasteiger partial charge in [-0.15, -0.1) is 0 Å². The monoisotopic (exact) mass is 358 g/mol. The van der Waals surface area contributed by atoms with E-state index in [1.807, 2.05) is 0 Å². The third kappa shape index (κ3) is 1.98. The van der Waals surface area contributed by atoms with E-state index in [0.717, 1.165) is 19.5 Å². The van der Waals surface area contributed by atoms with Gasteiger partial charge in [-0.05, 0) is 54.7 Å². The highest BCUT2D eigenvalue weighted by atomic mass is 16.2. The van der Waals surface area contributed by atoms with E-state index in [1.54, 1.807) is 0 Å². The third-order valence-electron chi connectivity index (χ3n) is 7.86. The molecular weight excluding hydrogens is 332 g/mol. The van der Waals surface area contributed by atoms with E-state index < -0.39 is 0 Å². The Hall–Kier alpha value is -2.13. The van der Waals surface area contributed by atoms with Crippen LogP contribution in [0.25, 0.3) is 0 Å². The number of nitrogens with zero attached hydrogens (tertiary/aromatic N) is 1. The predicted molar refractivity (Wildman–Crippen MR) is 105 cm³/mol. The van der Waals surface area contributed by atoms with Gasteiger partial charge in [0.25, 0.3) is 0 Å². The number of hydrogen-bond acceptors (Lipinski definition) is 2. The molecule has 0 unspecified atom stereocenters. The Morgan fingerprint density at radius 1 is 0.963 bits per heavy atom. The molecule has 2 heterocycles. The average Bonchev–Trinajstić information content (AvgIpc) is 3.40. The van der Waals surface area contributed by atoms with Gasteiger partial charge >= 0.3 is 0 Å². The highest BCUT2D eigenvalue weighted by Crippen LogP contribution is 2.67. The van der Waals surface area contributed by atoms with E-state index in [0.29, 0.717) is 29.6 Å². The maximum atomic E-state index is 13.7. The van der Waals surface area contributed by atoms with Crippen molar-refractivity contribution in [2.75, 3.05) is 13.1 Å². The molecule has 6 atom stereocenters. The second-order valence-corrected chi connectivity index (χ2v) is 8.87. The fourth-order valence-electron chi connectivity index (χ4n) is 7.07. The molecule has 2 aromatic rings. The van der Waals surface area contributed by atoms with Crippen LogP contribution in [-0.4, -0.2) is 23.9 Å². The highest BCUT2D eigenvalue weighted by Gasteiger charge is 2.70. The van der Waals surface area contributed by atoms with Crippen LogP contribution in [0.5, 0.6) is 0 Å². The summed E-state index contributed by atoms with van der Waals surface area (Å²) in [6.07, 6.45) is 3.50. The van der Waals surface area contributed by atoms with E-state index >= 15 is 0 Å². The van der Waals surface area contributed by atoms with Crippen LogP contribution in [-0.2, 0) is 10.5 Å². The zero-order valence-electron chi connectivity index (χ0n) is 15.6. The first-order chi connectivity index (χ1) is 13.3. The molecule has 1 amide bonds. The molecule has 3 nitrogen and oxygen atoms in total. The lowest BCUT2D eigenvalue weighted by Gasteiger charge is -2.48. The van der Waals surface area contributed by atoms with Crippen molar-refractivity contribution in [2.45, 2.75) is 30.8 Å². The molecule has 6 rings (SSSR count). The summed E-state index contributed by atoms with van der Waals surface area (Å²) in [5.74, 6) is 2.69. The number of fused-ring (bicyclic) bond motifs is 7. The fourth-order valence-corrected chi connectivity index (χ4v) is 7.07. The van der Waals surface area contributed by atoms with Gasteiger partial charge in [0, 0.05) is 18.4 Å². The Kier molecular flexibility index (Phi) is 3.34. The summed E-state index contributed by atoms with van der Waals surface area (Å²) in [4.78, 5) is 15.9. The number of amides is 1. The summed E-state index contributed by atoms with van der Waals surface area (Å²) in [6, 6.07) is 21.7. The fraction of sp³-hybridized carbons (Fsp3) is 0.458. The zero-order valence-corrected chi connectivity index (χ0v) is 15.6. The summed E-state index contributed by atoms with van der Waals surface area (Å²) in [7, 11) is 0. The lowest BCUT2D eigenvalue weighted by molar-refractivity contribution is -0.137. The summed E-state index contributed by atoms with van der Waals surface area (Å²) < 4.78 is 0. The minimum Gasteiger partial charge on any atom is -0.320 e. The Balaban J connectivity index is 1.45. The van der Waals surface area contributed by atoms with Crippen LogP contribution in [0.15, 0.2) is 60.7 Å². The van der Waals surface area contributed by atoms with Crippen molar-refractivity contribution < 1.29 is 4.79 Å². The number of rotatable bonds is 2. The standard InChI is InChI=1S/C24H26N2O/c27-23-21-20-15-17(14-19(20)16-8-3-1-4-9-16)22(21)24(18-10-5-2-6-11-18)25-12-7-13-26(23)24/h1-6,8-11,17,19-22,25H,7,12-15H2/t17-,19+,20-,21+,22-,24-/m1/s1. The maximum Gasteiger partial charge on any atom is 0.228 e. The molecule has 2 saturated carbocycles. The van der Waals surface area contributed by atoms with Gasteiger partial charge in [-0.1, -0.05) is 60.7 Å². The largest absolute Gasteiger partial charge is 0.320 e. The molecule has 0 spiro atoms. The quantitative estimate of drug-likeness (QED) is 0.887. The van der Waals surface area contributed by atoms with Crippen molar-refractivity contribution in [3.63, 3.8) is 0 Å². The molecule has 2 aromatic carbocycles. The molecule has 2 aliphatic heterocycles. The summed E-state index contributed by atoms with van der Waals surface area (Å²) in [6.45, 7) is 1.89. The molecule has 0 radical (unpaired) electrons. The Labute approximate surface area is 160 Å². The molecule has 4 aliphatic rings. The van der Waals surface area contributed by atoms with Crippen LogP contribution < -0.4 is 5.32 Å². The van der Waals surface area contributed by atoms with Crippen LogP contribution >= 0.6 is 0 Å². The molecule has 4 fully saturated rings. The number of carbonyl (C=O) groups excluding carboxylic acids is 1. The molecule has 138 valence electrons. The summed E-state index contributed by atoms with van der Waals surface area (Å²) in [5, 5.41) is 3.86. The van der Waals surface area contributed by atoms with Crippen LogP contribution in [0.4, 0.5) is 0 Å². The predicted octanol–water partition coefficient (Wildman–Crippen LogP) is 3.73. The minimum absolute atomic E-state index is 0.180. The van der Waals surface area contributed by atoms with Crippen LogP contribution in [0.1, 0.15) is 36.3 Å². The lowest BCUT2D eigenvalue weighted by atomic mass is 9.68. The Bertz CT molecular complexity index is 866. The number of carbonyl (C=O) groups is 1. The lowest BCUT2D eigenvalue weighted by Crippen LogP contribution is -2.61. The van der Waals surface area contributed by atoms with Gasteiger partial charge in [-0.25, -0.2) is 0 Å². The van der Waals surface area contributed by atoms with Crippen LogP contribution in [0, 0.1) is 23.7 Å². The van der Waals surface area contributed by atoms with E-state index in [-0.39, 0.29) is 11.6 Å². The van der Waals surface area contributed by atoms with Gasteiger partial charge in [0.2, 0.25) is 5.91 Å². The van der Waals surface area contributed by atoms with E-state index in [4.69, 9.17) is 0 Å². The molecule has 27 heavy (non-hydrogen) atoms. The Morgan fingerprint density at radius 2 is 1.70 bits per heavy atom. The van der Waals surface area contributed by atoms with Gasteiger partial charge in [0.05, 0.1) is 0 Å². The van der Waals surface area contributed by atoms with Crippen molar-refractivity contribution in [2.24, 2.45) is 23.7 Å². The highest BCUT2D eigenvalue weighted by molar-refractivity contribution is 5.85. The Morgan fingerprint density at radius 3 is 2.48 bits per heavy atom.